The van der Waals surface area contributed by atoms with E-state index in [0.29, 0.717) is 17.7 Å². The van der Waals surface area contributed by atoms with Crippen LogP contribution in [0.1, 0.15) is 39.2 Å². The van der Waals surface area contributed by atoms with Gasteiger partial charge in [-0.25, -0.2) is 12.8 Å². The molecule has 0 heterocycles. The molecule has 0 saturated carbocycles. The highest BCUT2D eigenvalue weighted by Crippen LogP contribution is 2.34. The minimum atomic E-state index is -3.96. The number of nitrogens with one attached hydrogen (secondary N) is 1. The van der Waals surface area contributed by atoms with Crippen LogP contribution < -0.4 is 19.1 Å². The van der Waals surface area contributed by atoms with Gasteiger partial charge in [0.1, 0.15) is 29.9 Å². The first-order valence-electron chi connectivity index (χ1n) is 12.0. The fourth-order valence-electron chi connectivity index (χ4n) is 3.73. The van der Waals surface area contributed by atoms with Crippen molar-refractivity contribution in [3.05, 3.63) is 53.8 Å². The molecule has 37 heavy (non-hydrogen) atoms. The zero-order valence-electron chi connectivity index (χ0n) is 22.2. The van der Waals surface area contributed by atoms with Crippen molar-refractivity contribution in [3.8, 4) is 11.5 Å². The monoisotopic (exact) mass is 537 g/mol. The molecule has 11 heteroatoms. The van der Waals surface area contributed by atoms with Crippen LogP contribution in [0.15, 0.2) is 42.5 Å². The summed E-state index contributed by atoms with van der Waals surface area (Å²) in [5.41, 5.74) is 0.714. The molecule has 0 aliphatic heterocycles. The normalized spacial score (nSPS) is 12.8. The van der Waals surface area contributed by atoms with Crippen LogP contribution in [0.4, 0.5) is 10.1 Å². The second-order valence-electron chi connectivity index (χ2n) is 8.70. The van der Waals surface area contributed by atoms with E-state index in [1.807, 2.05) is 13.8 Å². The SMILES string of the molecule is CC[C@@H](C)NC(=O)[C@H](CC)N(Cc1ccc(F)cc1)C(=O)CN(c1cc(OC)ccc1OC)S(C)(=O)=O. The third-order valence-corrected chi connectivity index (χ3v) is 7.11. The standard InChI is InChI=1S/C26H36FN3O6S/c1-7-18(3)28-26(32)22(8-2)29(16-19-9-11-20(27)12-10-19)25(31)17-30(37(6,33)34)23-15-21(35-4)13-14-24(23)36-5/h9-15,18,22H,7-8,16-17H2,1-6H3,(H,28,32)/t18-,22+/m1/s1. The Kier molecular flexibility index (Phi) is 10.7. The number of anilines is 1. The highest BCUT2D eigenvalue weighted by atomic mass is 32.2. The summed E-state index contributed by atoms with van der Waals surface area (Å²) >= 11 is 0. The Bertz CT molecular complexity index is 1170. The summed E-state index contributed by atoms with van der Waals surface area (Å²) in [6, 6.07) is 9.20. The number of carbonyl (C=O) groups excluding carboxylic acids is 2. The van der Waals surface area contributed by atoms with Crippen molar-refractivity contribution in [2.24, 2.45) is 0 Å². The lowest BCUT2D eigenvalue weighted by atomic mass is 10.1. The zero-order valence-corrected chi connectivity index (χ0v) is 23.0. The van der Waals surface area contributed by atoms with Crippen LogP contribution in [0.3, 0.4) is 0 Å². The largest absolute Gasteiger partial charge is 0.497 e. The van der Waals surface area contributed by atoms with Gasteiger partial charge in [-0.1, -0.05) is 26.0 Å². The molecular formula is C26H36FN3O6S. The predicted octanol–water partition coefficient (Wildman–Crippen LogP) is 3.33. The Morgan fingerprint density at radius 2 is 1.68 bits per heavy atom. The molecule has 0 fully saturated rings. The third-order valence-electron chi connectivity index (χ3n) is 5.99. The van der Waals surface area contributed by atoms with Crippen LogP contribution >= 0.6 is 0 Å². The second-order valence-corrected chi connectivity index (χ2v) is 10.6. The number of sulfonamides is 1. The number of benzene rings is 2. The van der Waals surface area contributed by atoms with Gasteiger partial charge in [0.25, 0.3) is 0 Å². The van der Waals surface area contributed by atoms with Crippen molar-refractivity contribution < 1.29 is 31.9 Å². The van der Waals surface area contributed by atoms with Crippen molar-refractivity contribution in [1.82, 2.24) is 10.2 Å². The molecule has 0 radical (unpaired) electrons. The van der Waals surface area contributed by atoms with Crippen molar-refractivity contribution in [2.75, 3.05) is 31.3 Å². The van der Waals surface area contributed by atoms with E-state index in [0.717, 1.165) is 10.6 Å². The average Bonchev–Trinajstić information content (AvgIpc) is 2.86. The van der Waals surface area contributed by atoms with Gasteiger partial charge in [0.2, 0.25) is 21.8 Å². The van der Waals surface area contributed by atoms with E-state index in [1.54, 1.807) is 19.1 Å². The van der Waals surface area contributed by atoms with Gasteiger partial charge in [-0.15, -0.1) is 0 Å². The number of ether oxygens (including phenoxy) is 2. The fourth-order valence-corrected chi connectivity index (χ4v) is 4.58. The molecule has 9 nitrogen and oxygen atoms in total. The second kappa shape index (κ2) is 13.3. The predicted molar refractivity (Wildman–Crippen MR) is 141 cm³/mol. The number of carbonyl (C=O) groups is 2. The molecule has 2 aromatic carbocycles. The smallest absolute Gasteiger partial charge is 0.244 e. The third kappa shape index (κ3) is 8.08. The summed E-state index contributed by atoms with van der Waals surface area (Å²) in [4.78, 5) is 28.2. The van der Waals surface area contributed by atoms with Crippen LogP contribution in [-0.2, 0) is 26.2 Å². The average molecular weight is 538 g/mol. The Morgan fingerprint density at radius 3 is 2.19 bits per heavy atom. The van der Waals surface area contributed by atoms with Gasteiger partial charge in [0, 0.05) is 18.7 Å². The Morgan fingerprint density at radius 1 is 1.03 bits per heavy atom. The minimum absolute atomic E-state index is 0.0155. The van der Waals surface area contributed by atoms with Crippen molar-refractivity contribution in [3.63, 3.8) is 0 Å². The van der Waals surface area contributed by atoms with E-state index in [9.17, 15) is 22.4 Å². The molecule has 204 valence electrons. The molecule has 2 amide bonds. The molecule has 2 aromatic rings. The molecule has 0 spiro atoms. The molecule has 0 aromatic heterocycles. The van der Waals surface area contributed by atoms with Crippen molar-refractivity contribution >= 4 is 27.5 Å². The maximum absolute atomic E-state index is 13.8. The molecular weight excluding hydrogens is 501 g/mol. The number of methoxy groups -OCH3 is 2. The molecule has 0 aliphatic rings. The number of hydrogen-bond donors (Lipinski definition) is 1. The van der Waals surface area contributed by atoms with Gasteiger partial charge in [0.05, 0.1) is 26.2 Å². The first kappa shape index (κ1) is 29.9. The Hall–Kier alpha value is -3.34. The molecule has 0 bridgehead atoms. The number of rotatable bonds is 13. The molecule has 0 saturated heterocycles. The number of nitrogens with zero attached hydrogens (tertiary/aromatic N) is 2. The molecule has 0 aliphatic carbocycles. The number of halogens is 1. The Labute approximate surface area is 218 Å². The summed E-state index contributed by atoms with van der Waals surface area (Å²) in [5, 5.41) is 2.90. The maximum Gasteiger partial charge on any atom is 0.244 e. The maximum atomic E-state index is 13.8. The van der Waals surface area contributed by atoms with Gasteiger partial charge in [-0.3, -0.25) is 13.9 Å². The van der Waals surface area contributed by atoms with Gasteiger partial charge < -0.3 is 19.7 Å². The van der Waals surface area contributed by atoms with Crippen LogP contribution in [0, 0.1) is 5.82 Å². The molecule has 0 unspecified atom stereocenters. The van der Waals surface area contributed by atoms with Crippen LogP contribution in [0.2, 0.25) is 0 Å². The lowest BCUT2D eigenvalue weighted by Gasteiger charge is -2.33. The van der Waals surface area contributed by atoms with Crippen LogP contribution in [0.5, 0.6) is 11.5 Å². The van der Waals surface area contributed by atoms with Gasteiger partial charge in [-0.05, 0) is 49.6 Å². The fraction of sp³-hybridized carbons (Fsp3) is 0.462. The molecule has 2 rings (SSSR count). The van der Waals surface area contributed by atoms with Crippen LogP contribution in [-0.4, -0.2) is 64.2 Å². The summed E-state index contributed by atoms with van der Waals surface area (Å²) in [5.74, 6) is -0.787. The van der Waals surface area contributed by atoms with Crippen LogP contribution in [0.25, 0.3) is 0 Å². The van der Waals surface area contributed by atoms with Gasteiger partial charge >= 0.3 is 0 Å². The topological polar surface area (TPSA) is 105 Å². The summed E-state index contributed by atoms with van der Waals surface area (Å²) in [7, 11) is -1.13. The van der Waals surface area contributed by atoms with Gasteiger partial charge in [0.15, 0.2) is 0 Å². The highest BCUT2D eigenvalue weighted by molar-refractivity contribution is 7.92. The van der Waals surface area contributed by atoms with E-state index in [-0.39, 0.29) is 36.4 Å². The first-order valence-corrected chi connectivity index (χ1v) is 13.8. The van der Waals surface area contributed by atoms with E-state index in [1.165, 1.54) is 49.5 Å². The van der Waals surface area contributed by atoms with Crippen molar-refractivity contribution in [2.45, 2.75) is 52.2 Å². The lowest BCUT2D eigenvalue weighted by molar-refractivity contribution is -0.140. The number of hydrogen-bond acceptors (Lipinski definition) is 6. The summed E-state index contributed by atoms with van der Waals surface area (Å²) in [6.45, 7) is 4.95. The zero-order chi connectivity index (χ0) is 27.8. The lowest BCUT2D eigenvalue weighted by Crippen LogP contribution is -2.53. The minimum Gasteiger partial charge on any atom is -0.497 e. The highest BCUT2D eigenvalue weighted by Gasteiger charge is 2.33. The van der Waals surface area contributed by atoms with Gasteiger partial charge in [-0.2, -0.15) is 0 Å². The summed E-state index contributed by atoms with van der Waals surface area (Å²) < 4.78 is 50.7. The number of amides is 2. The van der Waals surface area contributed by atoms with E-state index in [2.05, 4.69) is 5.32 Å². The van der Waals surface area contributed by atoms with E-state index in [4.69, 9.17) is 9.47 Å². The Balaban J connectivity index is 2.52. The van der Waals surface area contributed by atoms with E-state index >= 15 is 0 Å². The van der Waals surface area contributed by atoms with Crippen molar-refractivity contribution in [1.29, 1.82) is 0 Å². The van der Waals surface area contributed by atoms with E-state index < -0.39 is 34.3 Å². The quantitative estimate of drug-likeness (QED) is 0.420. The molecule has 2 atom stereocenters. The summed E-state index contributed by atoms with van der Waals surface area (Å²) in [6.07, 6.45) is 1.97. The first-order chi connectivity index (χ1) is 17.4. The molecule has 1 N–H and O–H groups in total.